The largest absolute Gasteiger partial charge is 0.497 e. The maximum absolute atomic E-state index is 13.8. The van der Waals surface area contributed by atoms with Crippen LogP contribution in [0.3, 0.4) is 0 Å². The summed E-state index contributed by atoms with van der Waals surface area (Å²) in [6.07, 6.45) is -3.63. The highest BCUT2D eigenvalue weighted by Gasteiger charge is 2.60. The highest BCUT2D eigenvalue weighted by Crippen LogP contribution is 2.47. The molecule has 132 valence electrons. The summed E-state index contributed by atoms with van der Waals surface area (Å²) in [5.41, 5.74) is -2.25. The van der Waals surface area contributed by atoms with E-state index in [1.807, 2.05) is 0 Å². The van der Waals surface area contributed by atoms with E-state index in [0.29, 0.717) is 5.75 Å². The third kappa shape index (κ3) is 2.83. The first-order valence-corrected chi connectivity index (χ1v) is 7.53. The van der Waals surface area contributed by atoms with Crippen LogP contribution in [0, 0.1) is 11.3 Å². The highest BCUT2D eigenvalue weighted by molar-refractivity contribution is 6.18. The van der Waals surface area contributed by atoms with Crippen LogP contribution in [0.25, 0.3) is 0 Å². The van der Waals surface area contributed by atoms with Crippen molar-refractivity contribution in [1.82, 2.24) is 0 Å². The number of esters is 1. The van der Waals surface area contributed by atoms with Crippen LogP contribution in [-0.2, 0) is 16.0 Å². The van der Waals surface area contributed by atoms with Gasteiger partial charge in [0.1, 0.15) is 11.5 Å². The molecule has 0 heterocycles. The topological polar surface area (TPSA) is 61.8 Å². The van der Waals surface area contributed by atoms with Crippen molar-refractivity contribution >= 4 is 11.8 Å². The molecule has 2 rings (SSSR count). The van der Waals surface area contributed by atoms with Gasteiger partial charge in [-0.3, -0.25) is 9.59 Å². The van der Waals surface area contributed by atoms with Crippen molar-refractivity contribution in [3.8, 4) is 11.5 Å². The second-order valence-electron chi connectivity index (χ2n) is 6.13. The van der Waals surface area contributed by atoms with Gasteiger partial charge in [-0.1, -0.05) is 13.8 Å². The average Bonchev–Trinajstić information content (AvgIpc) is 2.85. The molecule has 0 aromatic heterocycles. The molecule has 0 amide bonds. The highest BCUT2D eigenvalue weighted by atomic mass is 19.3. The summed E-state index contributed by atoms with van der Waals surface area (Å²) in [5, 5.41) is 0. The summed E-state index contributed by atoms with van der Waals surface area (Å²) >= 11 is 0. The number of ketones is 1. The van der Waals surface area contributed by atoms with Crippen molar-refractivity contribution in [1.29, 1.82) is 0 Å². The molecule has 24 heavy (non-hydrogen) atoms. The summed E-state index contributed by atoms with van der Waals surface area (Å²) in [4.78, 5) is 25.1. The maximum atomic E-state index is 13.8. The van der Waals surface area contributed by atoms with Crippen molar-refractivity contribution in [3.63, 3.8) is 0 Å². The molecule has 1 atom stereocenters. The maximum Gasteiger partial charge on any atom is 0.326 e. The van der Waals surface area contributed by atoms with Gasteiger partial charge in [0.15, 0.2) is 11.2 Å². The quantitative estimate of drug-likeness (QED) is 0.588. The number of fused-ring (bicyclic) bond motifs is 1. The van der Waals surface area contributed by atoms with Gasteiger partial charge >= 0.3 is 5.97 Å². The monoisotopic (exact) mass is 342 g/mol. The molecular formula is C17H20F2O5. The van der Waals surface area contributed by atoms with E-state index >= 15 is 0 Å². The molecule has 0 fully saturated rings. The van der Waals surface area contributed by atoms with Crippen LogP contribution < -0.4 is 9.47 Å². The first-order valence-electron chi connectivity index (χ1n) is 7.53. The normalized spacial score (nSPS) is 19.6. The number of carbonyl (C=O) groups excluding carboxylic acids is 2. The Labute approximate surface area is 138 Å². The summed E-state index contributed by atoms with van der Waals surface area (Å²) < 4.78 is 42.8. The van der Waals surface area contributed by atoms with Crippen molar-refractivity contribution in [2.75, 3.05) is 20.8 Å². The standard InChI is InChI=1S/C17H20F2O5/c1-9(2)8-24-16(21)17(15(18)19)7-10-5-11(22-3)6-12(23-4)13(10)14(17)20/h5-6,9,15H,7-8H2,1-4H3. The van der Waals surface area contributed by atoms with E-state index < -0.39 is 30.0 Å². The Bertz CT molecular complexity index is 657. The molecule has 0 spiro atoms. The number of ether oxygens (including phenoxy) is 3. The number of carbonyl (C=O) groups is 2. The zero-order valence-corrected chi connectivity index (χ0v) is 14.0. The summed E-state index contributed by atoms with van der Waals surface area (Å²) in [7, 11) is 2.73. The molecule has 1 aromatic carbocycles. The molecule has 1 aliphatic carbocycles. The van der Waals surface area contributed by atoms with Crippen LogP contribution in [0.2, 0.25) is 0 Å². The molecule has 0 N–H and O–H groups in total. The van der Waals surface area contributed by atoms with Gasteiger partial charge in [-0.05, 0) is 17.5 Å². The Morgan fingerprint density at radius 1 is 1.25 bits per heavy atom. The molecule has 5 nitrogen and oxygen atoms in total. The van der Waals surface area contributed by atoms with Crippen molar-refractivity contribution in [3.05, 3.63) is 23.3 Å². The Balaban J connectivity index is 2.49. The van der Waals surface area contributed by atoms with E-state index in [4.69, 9.17) is 14.2 Å². The zero-order chi connectivity index (χ0) is 18.1. The van der Waals surface area contributed by atoms with Gasteiger partial charge in [0, 0.05) is 12.5 Å². The van der Waals surface area contributed by atoms with Gasteiger partial charge in [0.25, 0.3) is 6.43 Å². The predicted molar refractivity (Wildman–Crippen MR) is 81.8 cm³/mol. The minimum Gasteiger partial charge on any atom is -0.497 e. The third-order valence-electron chi connectivity index (χ3n) is 4.00. The number of halogens is 2. The fraction of sp³-hybridized carbons (Fsp3) is 0.529. The lowest BCUT2D eigenvalue weighted by Gasteiger charge is -2.24. The minimum atomic E-state index is -3.19. The fourth-order valence-corrected chi connectivity index (χ4v) is 2.73. The Hall–Kier alpha value is -2.18. The average molecular weight is 342 g/mol. The second kappa shape index (κ2) is 6.75. The number of Topliss-reactive ketones (excluding diaryl/α,β-unsaturated/α-hetero) is 1. The van der Waals surface area contributed by atoms with Crippen LogP contribution in [0.4, 0.5) is 8.78 Å². The van der Waals surface area contributed by atoms with E-state index in [2.05, 4.69) is 0 Å². The van der Waals surface area contributed by atoms with E-state index in [9.17, 15) is 18.4 Å². The van der Waals surface area contributed by atoms with Gasteiger partial charge < -0.3 is 14.2 Å². The molecule has 0 radical (unpaired) electrons. The lowest BCUT2D eigenvalue weighted by Crippen LogP contribution is -2.45. The van der Waals surface area contributed by atoms with E-state index in [1.165, 1.54) is 26.4 Å². The Morgan fingerprint density at radius 3 is 2.42 bits per heavy atom. The lowest BCUT2D eigenvalue weighted by molar-refractivity contribution is -0.161. The van der Waals surface area contributed by atoms with Crippen molar-refractivity contribution in [2.45, 2.75) is 26.7 Å². The van der Waals surface area contributed by atoms with Crippen molar-refractivity contribution in [2.24, 2.45) is 11.3 Å². The van der Waals surface area contributed by atoms with Gasteiger partial charge in [-0.25, -0.2) is 8.78 Å². The zero-order valence-electron chi connectivity index (χ0n) is 14.0. The Morgan fingerprint density at radius 2 is 1.92 bits per heavy atom. The molecule has 1 aromatic rings. The van der Waals surface area contributed by atoms with Crippen LogP contribution in [0.1, 0.15) is 29.8 Å². The third-order valence-corrected chi connectivity index (χ3v) is 4.00. The number of hydrogen-bond donors (Lipinski definition) is 0. The number of hydrogen-bond acceptors (Lipinski definition) is 5. The van der Waals surface area contributed by atoms with Crippen LogP contribution in [0.15, 0.2) is 12.1 Å². The predicted octanol–water partition coefficient (Wildman–Crippen LogP) is 2.89. The smallest absolute Gasteiger partial charge is 0.326 e. The SMILES string of the molecule is COc1cc2c(c(OC)c1)C(=O)C(C(=O)OCC(C)C)(C(F)F)C2. The molecule has 0 bridgehead atoms. The van der Waals surface area contributed by atoms with E-state index in [0.717, 1.165) is 0 Å². The summed E-state index contributed by atoms with van der Waals surface area (Å²) in [6, 6.07) is 2.90. The van der Waals surface area contributed by atoms with Gasteiger partial charge in [-0.15, -0.1) is 0 Å². The molecular weight excluding hydrogens is 322 g/mol. The van der Waals surface area contributed by atoms with E-state index in [1.54, 1.807) is 13.8 Å². The number of benzene rings is 1. The Kier molecular flexibility index (Phi) is 5.11. The van der Waals surface area contributed by atoms with Gasteiger partial charge in [0.2, 0.25) is 0 Å². The lowest BCUT2D eigenvalue weighted by atomic mass is 9.84. The number of alkyl halides is 2. The molecule has 0 aliphatic heterocycles. The molecule has 1 unspecified atom stereocenters. The minimum absolute atomic E-state index is 0.0138. The van der Waals surface area contributed by atoms with Gasteiger partial charge in [-0.2, -0.15) is 0 Å². The number of rotatable bonds is 6. The summed E-state index contributed by atoms with van der Waals surface area (Å²) in [6.45, 7) is 3.53. The fourth-order valence-electron chi connectivity index (χ4n) is 2.73. The molecule has 7 heteroatoms. The summed E-state index contributed by atoms with van der Waals surface area (Å²) in [5.74, 6) is -1.74. The van der Waals surface area contributed by atoms with Crippen LogP contribution in [0.5, 0.6) is 11.5 Å². The van der Waals surface area contributed by atoms with Crippen LogP contribution >= 0.6 is 0 Å². The number of methoxy groups -OCH3 is 2. The molecule has 0 saturated heterocycles. The first kappa shape index (κ1) is 18.2. The van der Waals surface area contributed by atoms with Gasteiger partial charge in [0.05, 0.1) is 26.4 Å². The van der Waals surface area contributed by atoms with Crippen molar-refractivity contribution < 1.29 is 32.6 Å². The molecule has 1 aliphatic rings. The first-order chi connectivity index (χ1) is 11.3. The molecule has 0 saturated carbocycles. The van der Waals surface area contributed by atoms with Crippen LogP contribution in [-0.4, -0.2) is 39.0 Å². The second-order valence-corrected chi connectivity index (χ2v) is 6.13. The van der Waals surface area contributed by atoms with E-state index in [-0.39, 0.29) is 29.4 Å².